The first kappa shape index (κ1) is 39.1. The molecule has 44 heavy (non-hydrogen) atoms. The highest BCUT2D eigenvalue weighted by atomic mass is 32.2. The first-order chi connectivity index (χ1) is 19.8. The summed E-state index contributed by atoms with van der Waals surface area (Å²) in [6.07, 6.45) is -25.1. The third kappa shape index (κ3) is 10.1. The minimum Gasteiger partial charge on any atom is -0.463 e. The van der Waals surface area contributed by atoms with Crippen molar-refractivity contribution in [3.8, 4) is 0 Å². The van der Waals surface area contributed by atoms with Crippen LogP contribution in [0.3, 0.4) is 0 Å². The third-order valence-electron chi connectivity index (χ3n) is 5.24. The predicted molar refractivity (Wildman–Crippen MR) is 121 cm³/mol. The van der Waals surface area contributed by atoms with Crippen molar-refractivity contribution in [2.24, 2.45) is 5.14 Å². The number of esters is 4. The van der Waals surface area contributed by atoms with E-state index in [1.54, 1.807) is 0 Å². The van der Waals surface area contributed by atoms with E-state index in [1.165, 1.54) is 0 Å². The summed E-state index contributed by atoms with van der Waals surface area (Å²) in [6.45, 7) is 1.84. The van der Waals surface area contributed by atoms with Crippen molar-refractivity contribution in [3.63, 3.8) is 0 Å². The molecule has 5 atom stereocenters. The average Bonchev–Trinajstić information content (AvgIpc) is 2.81. The lowest BCUT2D eigenvalue weighted by molar-refractivity contribution is -0.456. The Kier molecular flexibility index (Phi) is 12.9. The molecule has 1 aliphatic heterocycles. The van der Waals surface area contributed by atoms with E-state index in [4.69, 9.17) is 28.4 Å². The minimum atomic E-state index is -6.71. The number of primary sulfonamides is 1. The van der Waals surface area contributed by atoms with Crippen molar-refractivity contribution < 1.29 is 95.9 Å². The Hall–Kier alpha value is -2.89. The molecule has 0 aromatic rings. The molecule has 23 heteroatoms. The predicted octanol–water partition coefficient (Wildman–Crippen LogP) is 1.59. The molecule has 0 saturated carbocycles. The molecule has 0 spiro atoms. The third-order valence-corrected chi connectivity index (χ3v) is 6.20. The molecule has 0 amide bonds. The van der Waals surface area contributed by atoms with Crippen LogP contribution in [0.2, 0.25) is 0 Å². The molecule has 0 bridgehead atoms. The van der Waals surface area contributed by atoms with Crippen LogP contribution in [0.25, 0.3) is 0 Å². The zero-order chi connectivity index (χ0) is 34.5. The molecule has 1 fully saturated rings. The monoisotopic (exact) mass is 685 g/mol. The maximum absolute atomic E-state index is 14.1. The fourth-order valence-electron chi connectivity index (χ4n) is 3.42. The van der Waals surface area contributed by atoms with Gasteiger partial charge in [-0.2, -0.15) is 35.1 Å². The van der Waals surface area contributed by atoms with Gasteiger partial charge in [0.05, 0.1) is 6.61 Å². The highest BCUT2D eigenvalue weighted by molar-refractivity contribution is 7.90. The van der Waals surface area contributed by atoms with Crippen LogP contribution < -0.4 is 5.14 Å². The number of hydrogen-bond donors (Lipinski definition) is 1. The second kappa shape index (κ2) is 14.5. The molecular weight excluding hydrogens is 658 g/mol. The summed E-state index contributed by atoms with van der Waals surface area (Å²) in [6, 6.07) is 0. The summed E-state index contributed by atoms with van der Waals surface area (Å²) in [5, 5.41) is -2.69. The van der Waals surface area contributed by atoms with Gasteiger partial charge in [0.2, 0.25) is 0 Å². The van der Waals surface area contributed by atoms with Crippen LogP contribution in [0.15, 0.2) is 0 Å². The van der Waals surface area contributed by atoms with Crippen LogP contribution in [0.4, 0.5) is 35.1 Å². The Morgan fingerprint density at radius 3 is 1.68 bits per heavy atom. The van der Waals surface area contributed by atoms with Crippen LogP contribution in [0.1, 0.15) is 40.5 Å². The van der Waals surface area contributed by atoms with E-state index in [1.807, 2.05) is 0 Å². The maximum atomic E-state index is 14.1. The Labute approximate surface area is 243 Å². The van der Waals surface area contributed by atoms with E-state index in [9.17, 15) is 62.7 Å². The van der Waals surface area contributed by atoms with Crippen molar-refractivity contribution in [2.75, 3.05) is 13.2 Å². The van der Waals surface area contributed by atoms with Gasteiger partial charge < -0.3 is 28.4 Å². The van der Waals surface area contributed by atoms with Gasteiger partial charge >= 0.3 is 47.3 Å². The fourth-order valence-corrected chi connectivity index (χ4v) is 3.80. The molecule has 256 valence electrons. The largest absolute Gasteiger partial charge is 0.463 e. The maximum Gasteiger partial charge on any atom is 0.448 e. The second-order valence-corrected chi connectivity index (χ2v) is 10.5. The zero-order valence-electron chi connectivity index (χ0n) is 23.0. The van der Waals surface area contributed by atoms with Crippen LogP contribution in [-0.4, -0.2) is 99.6 Å². The van der Waals surface area contributed by atoms with Crippen molar-refractivity contribution in [2.45, 2.75) is 94.6 Å². The molecule has 2 unspecified atom stereocenters. The van der Waals surface area contributed by atoms with Gasteiger partial charge in [0.15, 0.2) is 24.6 Å². The van der Waals surface area contributed by atoms with E-state index >= 15 is 0 Å². The highest BCUT2D eigenvalue weighted by Gasteiger charge is 2.73. The Bertz CT molecular complexity index is 1170. The van der Waals surface area contributed by atoms with Crippen molar-refractivity contribution in [1.82, 2.24) is 0 Å². The van der Waals surface area contributed by atoms with Gasteiger partial charge in [-0.15, -0.1) is 0 Å². The number of ether oxygens (including phenoxy) is 7. The summed E-state index contributed by atoms with van der Waals surface area (Å²) in [5.41, 5.74) is 0. The summed E-state index contributed by atoms with van der Waals surface area (Å²) in [4.78, 5) is 46.5. The topological polar surface area (TPSA) is 193 Å². The normalized spacial score (nSPS) is 23.4. The first-order valence-corrected chi connectivity index (χ1v) is 13.5. The molecule has 1 saturated heterocycles. The van der Waals surface area contributed by atoms with Gasteiger partial charge in [0.25, 0.3) is 10.0 Å². The zero-order valence-corrected chi connectivity index (χ0v) is 23.8. The van der Waals surface area contributed by atoms with Crippen LogP contribution in [0.5, 0.6) is 0 Å². The summed E-state index contributed by atoms with van der Waals surface area (Å²) < 4.78 is 163. The summed E-state index contributed by atoms with van der Waals surface area (Å²) in [7, 11) is -6.60. The van der Waals surface area contributed by atoms with E-state index in [-0.39, 0.29) is 0 Å². The Balaban J connectivity index is 3.18. The van der Waals surface area contributed by atoms with Crippen molar-refractivity contribution in [3.05, 3.63) is 0 Å². The molecule has 14 nitrogen and oxygen atoms in total. The molecule has 0 aromatic heterocycles. The first-order valence-electron chi connectivity index (χ1n) is 11.9. The van der Waals surface area contributed by atoms with E-state index in [2.05, 4.69) is 9.88 Å². The molecule has 0 aromatic carbocycles. The number of rotatable bonds is 15. The van der Waals surface area contributed by atoms with E-state index in [0.29, 0.717) is 0 Å². The van der Waals surface area contributed by atoms with E-state index < -0.39 is 114 Å². The van der Waals surface area contributed by atoms with Crippen molar-refractivity contribution in [1.29, 1.82) is 0 Å². The fraction of sp³-hybridized carbons (Fsp3) is 0.810. The molecule has 0 radical (unpaired) electrons. The highest BCUT2D eigenvalue weighted by Crippen LogP contribution is 2.47. The van der Waals surface area contributed by atoms with E-state index in [0.717, 1.165) is 27.7 Å². The molecule has 0 aliphatic carbocycles. The minimum absolute atomic E-state index is 0.712. The molecule has 1 aliphatic rings. The number of sulfonamides is 1. The SMILES string of the molecule is CC(=O)OCC1O[C@@H](OCCCC(F)(F)C(F)(F)OC(F)(F)C(F)(F)S(N)(=O)=O)C(OC(C)=O)[C@@H](OC(C)=O)[C@@H]1OC(C)=O. The number of nitrogens with two attached hydrogens (primary N) is 1. The Morgan fingerprint density at radius 1 is 0.750 bits per heavy atom. The lowest BCUT2D eigenvalue weighted by Crippen LogP contribution is -2.63. The van der Waals surface area contributed by atoms with Gasteiger partial charge in [-0.05, 0) is 6.42 Å². The second-order valence-electron chi connectivity index (χ2n) is 8.94. The molecular formula is C21H27F8NO13S. The van der Waals surface area contributed by atoms with Crippen LogP contribution in [0, 0.1) is 0 Å². The average molecular weight is 685 g/mol. The summed E-state index contributed by atoms with van der Waals surface area (Å²) in [5.74, 6) is -9.64. The summed E-state index contributed by atoms with van der Waals surface area (Å²) >= 11 is 0. The quantitative estimate of drug-likeness (QED) is 0.113. The number of alkyl halides is 8. The Morgan fingerprint density at radius 2 is 1.23 bits per heavy atom. The smallest absolute Gasteiger partial charge is 0.448 e. The van der Waals surface area contributed by atoms with Gasteiger partial charge in [-0.3, -0.25) is 19.2 Å². The van der Waals surface area contributed by atoms with Gasteiger partial charge in [-0.1, -0.05) is 0 Å². The van der Waals surface area contributed by atoms with Gasteiger partial charge in [0, 0.05) is 34.1 Å². The lowest BCUT2D eigenvalue weighted by atomic mass is 9.98. The van der Waals surface area contributed by atoms with Crippen LogP contribution >= 0.6 is 0 Å². The lowest BCUT2D eigenvalue weighted by Gasteiger charge is -2.44. The van der Waals surface area contributed by atoms with Gasteiger partial charge in [-0.25, -0.2) is 18.3 Å². The number of carbonyl (C=O) groups excluding carboxylic acids is 4. The molecule has 1 rings (SSSR count). The van der Waals surface area contributed by atoms with Gasteiger partial charge in [0.1, 0.15) is 12.7 Å². The standard InChI is InChI=1S/C21H27F8NO13S/c1-9(31)38-8-13-14(39-10(2)32)15(40-11(3)33)16(41-12(4)34)17(42-13)37-7-5-6-18(22,23)19(24,25)43-20(26,27)21(28,29)44(30,35)36/h13-17H,5-8H2,1-4H3,(H2,30,35,36)/t13?,14-,15+,16?,17-/m1/s1. The molecule has 1 heterocycles. The molecule has 2 N–H and O–H groups in total. The number of carbonyl (C=O) groups is 4. The number of hydrogen-bond acceptors (Lipinski definition) is 13. The van der Waals surface area contributed by atoms with Crippen LogP contribution in [-0.2, 0) is 62.4 Å². The number of halogens is 8. The van der Waals surface area contributed by atoms with Crippen molar-refractivity contribution >= 4 is 33.9 Å².